The molecular weight excluding hydrogens is 306 g/mol. The lowest BCUT2D eigenvalue weighted by atomic mass is 9.91. The molecule has 1 aliphatic heterocycles. The fourth-order valence-corrected chi connectivity index (χ4v) is 2.55. The van der Waals surface area contributed by atoms with E-state index < -0.39 is 0 Å². The van der Waals surface area contributed by atoms with Gasteiger partial charge in [-0.3, -0.25) is 4.79 Å². The van der Waals surface area contributed by atoms with Crippen LogP contribution in [0.2, 0.25) is 0 Å². The third-order valence-electron chi connectivity index (χ3n) is 4.15. The topological polar surface area (TPSA) is 123 Å². The first-order chi connectivity index (χ1) is 11.4. The number of carbonyl (C=O) groups is 1. The summed E-state index contributed by atoms with van der Waals surface area (Å²) < 4.78 is 0. The highest BCUT2D eigenvalue weighted by molar-refractivity contribution is 6.06. The predicted molar refractivity (Wildman–Crippen MR) is 92.7 cm³/mol. The molecule has 24 heavy (non-hydrogen) atoms. The van der Waals surface area contributed by atoms with Crippen LogP contribution in [0.15, 0.2) is 30.6 Å². The molecule has 0 spiro atoms. The van der Waals surface area contributed by atoms with Gasteiger partial charge in [-0.05, 0) is 31.9 Å². The van der Waals surface area contributed by atoms with Gasteiger partial charge in [0.1, 0.15) is 17.2 Å². The Hall–Kier alpha value is -2.74. The maximum Gasteiger partial charge on any atom is 0.262 e. The first-order valence-electron chi connectivity index (χ1n) is 7.83. The summed E-state index contributed by atoms with van der Waals surface area (Å²) in [7, 11) is 0. The molecule has 3 rings (SSSR count). The summed E-state index contributed by atoms with van der Waals surface area (Å²) in [5.41, 5.74) is 12.2. The van der Waals surface area contributed by atoms with Crippen molar-refractivity contribution in [2.24, 2.45) is 5.73 Å². The third-order valence-corrected chi connectivity index (χ3v) is 4.15. The van der Waals surface area contributed by atoms with Crippen molar-refractivity contribution in [3.63, 3.8) is 0 Å². The van der Waals surface area contributed by atoms with E-state index in [0.29, 0.717) is 11.8 Å². The summed E-state index contributed by atoms with van der Waals surface area (Å²) in [5, 5.41) is 2.67. The molecular formula is C16H21N7O. The number of nitrogens with two attached hydrogens (primary N) is 2. The Morgan fingerprint density at radius 1 is 1.29 bits per heavy atom. The van der Waals surface area contributed by atoms with Crippen LogP contribution in [0.25, 0.3) is 0 Å². The van der Waals surface area contributed by atoms with Gasteiger partial charge >= 0.3 is 0 Å². The zero-order valence-electron chi connectivity index (χ0n) is 13.6. The Morgan fingerprint density at radius 3 is 2.67 bits per heavy atom. The van der Waals surface area contributed by atoms with Crippen LogP contribution in [0.5, 0.6) is 0 Å². The van der Waals surface area contributed by atoms with Crippen LogP contribution in [0.3, 0.4) is 0 Å². The number of amides is 1. The molecule has 0 unspecified atom stereocenters. The molecule has 0 aliphatic carbocycles. The summed E-state index contributed by atoms with van der Waals surface area (Å²) in [6.07, 6.45) is 4.77. The molecule has 1 aliphatic rings. The summed E-state index contributed by atoms with van der Waals surface area (Å²) in [6, 6.07) is 5.25. The van der Waals surface area contributed by atoms with Crippen molar-refractivity contribution in [2.45, 2.75) is 25.3 Å². The Morgan fingerprint density at radius 2 is 2.04 bits per heavy atom. The number of nitrogens with zero attached hydrogens (tertiary/aromatic N) is 4. The average Bonchev–Trinajstić information content (AvgIpc) is 2.55. The number of nitrogens with one attached hydrogen (secondary N) is 1. The first kappa shape index (κ1) is 16.1. The number of rotatable bonds is 3. The second-order valence-corrected chi connectivity index (χ2v) is 6.28. The zero-order valence-corrected chi connectivity index (χ0v) is 13.6. The van der Waals surface area contributed by atoms with Gasteiger partial charge in [-0.25, -0.2) is 9.97 Å². The lowest BCUT2D eigenvalue weighted by Crippen LogP contribution is -2.48. The van der Waals surface area contributed by atoms with E-state index in [1.165, 1.54) is 6.20 Å². The van der Waals surface area contributed by atoms with Crippen LogP contribution in [-0.4, -0.2) is 39.5 Å². The fourth-order valence-electron chi connectivity index (χ4n) is 2.55. The lowest BCUT2D eigenvalue weighted by molar-refractivity contribution is 0.102. The predicted octanol–water partition coefficient (Wildman–Crippen LogP) is 1.02. The smallest absolute Gasteiger partial charge is 0.262 e. The van der Waals surface area contributed by atoms with Crippen molar-refractivity contribution < 1.29 is 4.79 Å². The van der Waals surface area contributed by atoms with Gasteiger partial charge < -0.3 is 21.7 Å². The van der Waals surface area contributed by atoms with Crippen molar-refractivity contribution in [1.29, 1.82) is 0 Å². The number of piperidine rings is 1. The van der Waals surface area contributed by atoms with Crippen molar-refractivity contribution in [3.8, 4) is 0 Å². The van der Waals surface area contributed by atoms with E-state index in [9.17, 15) is 4.79 Å². The summed E-state index contributed by atoms with van der Waals surface area (Å²) in [4.78, 5) is 26.9. The average molecular weight is 327 g/mol. The molecule has 1 fully saturated rings. The van der Waals surface area contributed by atoms with E-state index in [1.807, 2.05) is 11.8 Å². The van der Waals surface area contributed by atoms with Crippen LogP contribution >= 0.6 is 0 Å². The summed E-state index contributed by atoms with van der Waals surface area (Å²) in [5.74, 6) is 0.738. The Balaban J connectivity index is 1.72. The second-order valence-electron chi connectivity index (χ2n) is 6.28. The van der Waals surface area contributed by atoms with Crippen LogP contribution < -0.4 is 21.7 Å². The van der Waals surface area contributed by atoms with Gasteiger partial charge in [-0.1, -0.05) is 6.07 Å². The number of nitrogen functional groups attached to an aromatic ring is 1. The molecule has 0 radical (unpaired) electrons. The van der Waals surface area contributed by atoms with E-state index >= 15 is 0 Å². The van der Waals surface area contributed by atoms with Crippen LogP contribution in [-0.2, 0) is 0 Å². The molecule has 126 valence electrons. The van der Waals surface area contributed by atoms with Crippen molar-refractivity contribution in [1.82, 2.24) is 15.0 Å². The highest BCUT2D eigenvalue weighted by atomic mass is 16.1. The van der Waals surface area contributed by atoms with Crippen LogP contribution in [0.4, 0.5) is 17.6 Å². The first-order valence-corrected chi connectivity index (χ1v) is 7.83. The maximum absolute atomic E-state index is 12.3. The SMILES string of the molecule is CC1(N)CCN(c2ncc(C(=O)Nc3ccccn3)c(N)n2)CC1. The molecule has 0 aromatic carbocycles. The summed E-state index contributed by atoms with van der Waals surface area (Å²) >= 11 is 0. The van der Waals surface area contributed by atoms with Gasteiger partial charge in [-0.15, -0.1) is 0 Å². The molecule has 1 amide bonds. The number of pyridine rings is 1. The number of hydrogen-bond acceptors (Lipinski definition) is 7. The Kier molecular flexibility index (Phi) is 4.30. The molecule has 0 bridgehead atoms. The highest BCUT2D eigenvalue weighted by Crippen LogP contribution is 2.23. The van der Waals surface area contributed by atoms with Crippen molar-refractivity contribution >= 4 is 23.5 Å². The van der Waals surface area contributed by atoms with Gasteiger partial charge in [-0.2, -0.15) is 4.98 Å². The Labute approximate surface area is 140 Å². The minimum atomic E-state index is -0.383. The zero-order chi connectivity index (χ0) is 17.2. The minimum Gasteiger partial charge on any atom is -0.383 e. The minimum absolute atomic E-state index is 0.148. The van der Waals surface area contributed by atoms with Crippen LogP contribution in [0, 0.1) is 0 Å². The maximum atomic E-state index is 12.3. The molecule has 5 N–H and O–H groups in total. The third kappa shape index (κ3) is 3.60. The fraction of sp³-hybridized carbons (Fsp3) is 0.375. The Bertz CT molecular complexity index is 722. The van der Waals surface area contributed by atoms with E-state index in [1.54, 1.807) is 24.4 Å². The molecule has 0 atom stereocenters. The number of hydrogen-bond donors (Lipinski definition) is 3. The van der Waals surface area contributed by atoms with Gasteiger partial charge in [0, 0.05) is 31.0 Å². The highest BCUT2D eigenvalue weighted by Gasteiger charge is 2.27. The number of anilines is 3. The van der Waals surface area contributed by atoms with Gasteiger partial charge in [0.25, 0.3) is 5.91 Å². The lowest BCUT2D eigenvalue weighted by Gasteiger charge is -2.36. The largest absolute Gasteiger partial charge is 0.383 e. The normalized spacial score (nSPS) is 16.7. The van der Waals surface area contributed by atoms with Crippen molar-refractivity contribution in [3.05, 3.63) is 36.2 Å². The molecule has 2 aromatic heterocycles. The molecule has 3 heterocycles. The van der Waals surface area contributed by atoms with E-state index in [-0.39, 0.29) is 22.8 Å². The van der Waals surface area contributed by atoms with Crippen molar-refractivity contribution in [2.75, 3.05) is 29.0 Å². The molecule has 0 saturated carbocycles. The molecule has 1 saturated heterocycles. The number of carbonyl (C=O) groups excluding carboxylic acids is 1. The van der Waals surface area contributed by atoms with Crippen LogP contribution in [0.1, 0.15) is 30.1 Å². The summed E-state index contributed by atoms with van der Waals surface area (Å²) in [6.45, 7) is 3.59. The quantitative estimate of drug-likeness (QED) is 0.769. The molecule has 8 nitrogen and oxygen atoms in total. The van der Waals surface area contributed by atoms with E-state index in [2.05, 4.69) is 20.3 Å². The van der Waals surface area contributed by atoms with Gasteiger partial charge in [0.15, 0.2) is 0 Å². The van der Waals surface area contributed by atoms with Gasteiger partial charge in [0.2, 0.25) is 5.95 Å². The van der Waals surface area contributed by atoms with Gasteiger partial charge in [0.05, 0.1) is 0 Å². The standard InChI is InChI=1S/C16H21N7O/c1-16(18)5-8-23(9-6-16)15-20-10-11(13(17)22-15)14(24)21-12-4-2-3-7-19-12/h2-4,7,10H,5-6,8-9,18H2,1H3,(H2,17,20,22)(H,19,21,24). The monoisotopic (exact) mass is 327 g/mol. The molecule has 2 aromatic rings. The van der Waals surface area contributed by atoms with E-state index in [4.69, 9.17) is 11.5 Å². The number of aromatic nitrogens is 3. The molecule has 8 heteroatoms. The second kappa shape index (κ2) is 6.40. The van der Waals surface area contributed by atoms with E-state index in [0.717, 1.165) is 25.9 Å².